The Balaban J connectivity index is 2.49. The van der Waals surface area contributed by atoms with Gasteiger partial charge in [-0.1, -0.05) is 39.0 Å². The summed E-state index contributed by atoms with van der Waals surface area (Å²) in [6.07, 6.45) is -3.08. The van der Waals surface area contributed by atoms with Crippen molar-refractivity contribution in [2.24, 2.45) is 5.92 Å². The van der Waals surface area contributed by atoms with Crippen LogP contribution in [0.2, 0.25) is 0 Å². The lowest BCUT2D eigenvalue weighted by atomic mass is 10.1. The van der Waals surface area contributed by atoms with Crippen molar-refractivity contribution in [3.63, 3.8) is 0 Å². The smallest absolute Gasteiger partial charge is 0.421 e. The Morgan fingerprint density at radius 1 is 1.20 bits per heavy atom. The maximum absolute atomic E-state index is 13.4. The Morgan fingerprint density at radius 2 is 1.88 bits per heavy atom. The van der Waals surface area contributed by atoms with E-state index in [1.165, 1.54) is 4.90 Å². The number of hydrogen-bond donors (Lipinski definition) is 0. The maximum atomic E-state index is 13.4. The number of rotatable bonds is 6. The van der Waals surface area contributed by atoms with Gasteiger partial charge in [0.1, 0.15) is 5.56 Å². The van der Waals surface area contributed by atoms with E-state index in [4.69, 9.17) is 4.74 Å². The summed E-state index contributed by atoms with van der Waals surface area (Å²) in [5.74, 6) is -0.00459. The van der Waals surface area contributed by atoms with Crippen LogP contribution >= 0.6 is 0 Å². The molecule has 0 saturated carbocycles. The lowest BCUT2D eigenvalue weighted by molar-refractivity contribution is -0.137. The minimum absolute atomic E-state index is 0.0578. The zero-order chi connectivity index (χ0) is 18.6. The van der Waals surface area contributed by atoms with Crippen molar-refractivity contribution in [1.29, 1.82) is 0 Å². The Kier molecular flexibility index (Phi) is 5.87. The van der Waals surface area contributed by atoms with Crippen LogP contribution in [0.1, 0.15) is 31.9 Å². The highest BCUT2D eigenvalue weighted by Crippen LogP contribution is 2.38. The highest BCUT2D eigenvalue weighted by molar-refractivity contribution is 5.66. The van der Waals surface area contributed by atoms with Crippen LogP contribution in [0.25, 0.3) is 0 Å². The molecule has 0 amide bonds. The maximum Gasteiger partial charge on any atom is 0.421 e. The molecule has 0 aliphatic heterocycles. The summed E-state index contributed by atoms with van der Waals surface area (Å²) in [7, 11) is 1.57. The van der Waals surface area contributed by atoms with Gasteiger partial charge in [0.05, 0.1) is 6.61 Å². The lowest BCUT2D eigenvalue weighted by Crippen LogP contribution is -2.20. The van der Waals surface area contributed by atoms with E-state index in [-0.39, 0.29) is 17.7 Å². The fourth-order valence-corrected chi connectivity index (χ4v) is 2.37. The van der Waals surface area contributed by atoms with Gasteiger partial charge < -0.3 is 9.64 Å². The number of anilines is 2. The van der Waals surface area contributed by atoms with Crippen molar-refractivity contribution in [3.05, 3.63) is 41.6 Å². The van der Waals surface area contributed by atoms with Crippen LogP contribution in [0, 0.1) is 5.92 Å². The molecule has 136 valence electrons. The van der Waals surface area contributed by atoms with E-state index in [1.807, 2.05) is 32.9 Å². The molecule has 25 heavy (non-hydrogen) atoms. The van der Waals surface area contributed by atoms with E-state index in [9.17, 15) is 13.2 Å². The van der Waals surface area contributed by atoms with Gasteiger partial charge in [0.15, 0.2) is 5.82 Å². The third-order valence-electron chi connectivity index (χ3n) is 3.65. The van der Waals surface area contributed by atoms with Gasteiger partial charge in [0, 0.05) is 18.9 Å². The van der Waals surface area contributed by atoms with Crippen LogP contribution in [-0.4, -0.2) is 23.6 Å². The lowest BCUT2D eigenvalue weighted by Gasteiger charge is -2.24. The highest BCUT2D eigenvalue weighted by atomic mass is 19.4. The zero-order valence-corrected chi connectivity index (χ0v) is 14.8. The summed E-state index contributed by atoms with van der Waals surface area (Å²) in [6, 6.07) is 7.25. The molecule has 2 rings (SSSR count). The number of halogens is 3. The number of ether oxygens (including phenoxy) is 1. The minimum Gasteiger partial charge on any atom is -0.463 e. The molecule has 4 nitrogen and oxygen atoms in total. The van der Waals surface area contributed by atoms with E-state index < -0.39 is 11.7 Å². The summed E-state index contributed by atoms with van der Waals surface area (Å²) < 4.78 is 45.6. The Morgan fingerprint density at radius 3 is 2.48 bits per heavy atom. The Bertz CT molecular complexity index is 717. The molecule has 0 radical (unpaired) electrons. The van der Waals surface area contributed by atoms with Crippen LogP contribution in [0.15, 0.2) is 30.5 Å². The highest BCUT2D eigenvalue weighted by Gasteiger charge is 2.37. The molecule has 0 aliphatic rings. The van der Waals surface area contributed by atoms with Gasteiger partial charge in [-0.15, -0.1) is 0 Å². The average molecular weight is 353 g/mol. The third-order valence-corrected chi connectivity index (χ3v) is 3.65. The molecular formula is C18H22F3N3O. The van der Waals surface area contributed by atoms with Gasteiger partial charge in [0.2, 0.25) is 0 Å². The van der Waals surface area contributed by atoms with Crippen LogP contribution in [0.3, 0.4) is 0 Å². The first kappa shape index (κ1) is 19.0. The molecule has 1 aromatic heterocycles. The molecule has 7 heteroatoms. The largest absolute Gasteiger partial charge is 0.463 e. The third kappa shape index (κ3) is 4.61. The summed E-state index contributed by atoms with van der Waals surface area (Å²) in [4.78, 5) is 9.19. The van der Waals surface area contributed by atoms with E-state index in [2.05, 4.69) is 9.97 Å². The zero-order valence-electron chi connectivity index (χ0n) is 14.8. The first-order valence-corrected chi connectivity index (χ1v) is 8.12. The second kappa shape index (κ2) is 7.72. The fourth-order valence-electron chi connectivity index (χ4n) is 2.37. The predicted molar refractivity (Wildman–Crippen MR) is 91.3 cm³/mol. The number of para-hydroxylation sites is 1. The molecule has 0 N–H and O–H groups in total. The monoisotopic (exact) mass is 353 g/mol. The fraction of sp³-hybridized carbons (Fsp3) is 0.444. The van der Waals surface area contributed by atoms with Gasteiger partial charge in [-0.3, -0.25) is 0 Å². The SMILES string of the molecule is CCc1ccccc1N(C)c1nc(OCC(C)C)ncc1C(F)(F)F. The van der Waals surface area contributed by atoms with Gasteiger partial charge in [-0.25, -0.2) is 4.98 Å². The Labute approximate surface area is 145 Å². The van der Waals surface area contributed by atoms with Gasteiger partial charge >= 0.3 is 12.2 Å². The summed E-state index contributed by atoms with van der Waals surface area (Å²) in [5.41, 5.74) is 0.711. The van der Waals surface area contributed by atoms with E-state index in [1.54, 1.807) is 19.2 Å². The second-order valence-electron chi connectivity index (χ2n) is 6.13. The molecular weight excluding hydrogens is 331 g/mol. The first-order valence-electron chi connectivity index (χ1n) is 8.12. The summed E-state index contributed by atoms with van der Waals surface area (Å²) in [5, 5.41) is 0. The molecule has 0 fully saturated rings. The summed E-state index contributed by atoms with van der Waals surface area (Å²) >= 11 is 0. The molecule has 1 heterocycles. The molecule has 0 unspecified atom stereocenters. The van der Waals surface area contributed by atoms with E-state index in [0.29, 0.717) is 18.7 Å². The average Bonchev–Trinajstić information content (AvgIpc) is 2.58. The van der Waals surface area contributed by atoms with Crippen molar-refractivity contribution in [2.75, 3.05) is 18.6 Å². The number of alkyl halides is 3. The predicted octanol–water partition coefficient (Wildman–Crippen LogP) is 4.86. The number of aromatic nitrogens is 2. The number of benzene rings is 1. The van der Waals surface area contributed by atoms with Crippen LogP contribution in [0.5, 0.6) is 6.01 Å². The van der Waals surface area contributed by atoms with Crippen molar-refractivity contribution in [2.45, 2.75) is 33.4 Å². The van der Waals surface area contributed by atoms with Gasteiger partial charge in [0.25, 0.3) is 0 Å². The molecule has 2 aromatic rings. The minimum atomic E-state index is -4.55. The molecule has 0 saturated heterocycles. The van der Waals surface area contributed by atoms with E-state index in [0.717, 1.165) is 11.8 Å². The van der Waals surface area contributed by atoms with Gasteiger partial charge in [-0.2, -0.15) is 18.2 Å². The quantitative estimate of drug-likeness (QED) is 0.743. The van der Waals surface area contributed by atoms with Gasteiger partial charge in [-0.05, 0) is 24.0 Å². The van der Waals surface area contributed by atoms with Crippen molar-refractivity contribution < 1.29 is 17.9 Å². The van der Waals surface area contributed by atoms with Crippen LogP contribution in [0.4, 0.5) is 24.7 Å². The molecule has 0 bridgehead atoms. The van der Waals surface area contributed by atoms with Crippen LogP contribution in [-0.2, 0) is 12.6 Å². The topological polar surface area (TPSA) is 38.2 Å². The Hall–Kier alpha value is -2.31. The number of aryl methyl sites for hydroxylation is 1. The number of hydrogen-bond acceptors (Lipinski definition) is 4. The summed E-state index contributed by atoms with van der Waals surface area (Å²) in [6.45, 7) is 6.16. The van der Waals surface area contributed by atoms with Crippen LogP contribution < -0.4 is 9.64 Å². The molecule has 0 aliphatic carbocycles. The molecule has 0 atom stereocenters. The first-order chi connectivity index (χ1) is 11.7. The van der Waals surface area contributed by atoms with Crippen molar-refractivity contribution in [3.8, 4) is 6.01 Å². The molecule has 0 spiro atoms. The van der Waals surface area contributed by atoms with E-state index >= 15 is 0 Å². The standard InChI is InChI=1S/C18H22F3N3O/c1-5-13-8-6-7-9-15(13)24(4)16-14(18(19,20)21)10-22-17(23-16)25-11-12(2)3/h6-10,12H,5,11H2,1-4H3. The second-order valence-corrected chi connectivity index (χ2v) is 6.13. The normalized spacial score (nSPS) is 11.7. The van der Waals surface area contributed by atoms with Crippen molar-refractivity contribution >= 4 is 11.5 Å². The van der Waals surface area contributed by atoms with Crippen molar-refractivity contribution in [1.82, 2.24) is 9.97 Å². The number of nitrogens with zero attached hydrogens (tertiary/aromatic N) is 3. The molecule has 1 aromatic carbocycles.